The van der Waals surface area contributed by atoms with Crippen molar-refractivity contribution in [3.63, 3.8) is 0 Å². The largest absolute Gasteiger partial charge is 0.998 e. The molecule has 37 heavy (non-hydrogen) atoms. The van der Waals surface area contributed by atoms with E-state index in [1.54, 1.807) is 0 Å². The molecule has 184 valence electrons. The van der Waals surface area contributed by atoms with Gasteiger partial charge in [-0.15, -0.1) is 0 Å². The molecule has 0 amide bonds. The van der Waals surface area contributed by atoms with E-state index in [9.17, 15) is 0 Å². The summed E-state index contributed by atoms with van der Waals surface area (Å²) in [7, 11) is -1.17. The Balaban J connectivity index is 0.000000168. The number of hydrogen-bond donors (Lipinski definition) is 0. The summed E-state index contributed by atoms with van der Waals surface area (Å²) in [6, 6.07) is 66.0. The van der Waals surface area contributed by atoms with Crippen LogP contribution in [-0.2, 0) is 17.1 Å². The third kappa shape index (κ3) is 7.05. The van der Waals surface area contributed by atoms with Gasteiger partial charge in [0.2, 0.25) is 0 Å². The summed E-state index contributed by atoms with van der Waals surface area (Å²) < 4.78 is 0. The van der Waals surface area contributed by atoms with E-state index in [1.807, 2.05) is 24.3 Å². The quantitative estimate of drug-likeness (QED) is 0.161. The molecular weight excluding hydrogens is 526 g/mol. The Kier molecular flexibility index (Phi) is 10.3. The van der Waals surface area contributed by atoms with Gasteiger partial charge in [-0.05, 0) is 0 Å². The fraction of sp³-hybridized carbons (Fsp3) is 0. The van der Waals surface area contributed by atoms with Crippen LogP contribution in [0.3, 0.4) is 0 Å². The molecule has 0 saturated carbocycles. The molecule has 0 aliphatic carbocycles. The van der Waals surface area contributed by atoms with Crippen molar-refractivity contribution in [2.45, 2.75) is 0 Å². The van der Waals surface area contributed by atoms with Crippen LogP contribution in [0.15, 0.2) is 121 Å². The zero-order valence-electron chi connectivity index (χ0n) is 19.8. The van der Waals surface area contributed by atoms with Gasteiger partial charge in [-0.2, -0.15) is 0 Å². The van der Waals surface area contributed by atoms with Crippen molar-refractivity contribution < 1.29 is 17.1 Å². The van der Waals surface area contributed by atoms with E-state index < -0.39 is 15.8 Å². The summed E-state index contributed by atoms with van der Waals surface area (Å²) in [6.07, 6.45) is 0. The summed E-state index contributed by atoms with van der Waals surface area (Å²) in [6.45, 7) is 0. The van der Waals surface area contributed by atoms with E-state index >= 15 is 0 Å². The molecule has 6 rings (SSSR count). The molecule has 0 heterocycles. The Morgan fingerprint density at radius 2 is 0.568 bits per heavy atom. The van der Waals surface area contributed by atoms with E-state index in [4.69, 9.17) is 0 Å². The van der Waals surface area contributed by atoms with Gasteiger partial charge in [0.1, 0.15) is 0 Å². The summed E-state index contributed by atoms with van der Waals surface area (Å²) >= 11 is 0. The van der Waals surface area contributed by atoms with Crippen molar-refractivity contribution >= 4 is 47.7 Å². The Bertz CT molecular complexity index is 1210. The first-order chi connectivity index (χ1) is 17.9. The van der Waals surface area contributed by atoms with Crippen molar-refractivity contribution in [2.24, 2.45) is 0 Å². The van der Waals surface area contributed by atoms with Crippen molar-refractivity contribution in [1.82, 2.24) is 0 Å². The van der Waals surface area contributed by atoms with Gasteiger partial charge in [-0.25, -0.2) is 15.8 Å². The molecule has 0 N–H and O–H groups in total. The fourth-order valence-corrected chi connectivity index (χ4v) is 7.95. The SMILES string of the molecule is [Fe].[c-]1[c-][c-][c-](P(c2ccccc2)c2ccccc2)[c-]1.[c-]1[c-][c-][c-](P(c2ccccc2)c2ccccc2)[c-]1. The third-order valence-corrected chi connectivity index (χ3v) is 9.95. The maximum Gasteiger partial charge on any atom is 0 e. The number of rotatable bonds is 6. The molecule has 0 aliphatic rings. The molecule has 6 aromatic carbocycles. The van der Waals surface area contributed by atoms with E-state index in [1.165, 1.54) is 21.2 Å². The van der Waals surface area contributed by atoms with E-state index in [0.29, 0.717) is 0 Å². The molecule has 0 aliphatic heterocycles. The van der Waals surface area contributed by atoms with Crippen LogP contribution in [0.4, 0.5) is 0 Å². The van der Waals surface area contributed by atoms with Crippen LogP contribution in [0.1, 0.15) is 0 Å². The maximum atomic E-state index is 3.13. The molecule has 0 radical (unpaired) electrons. The van der Waals surface area contributed by atoms with Crippen molar-refractivity contribution in [2.75, 3.05) is 0 Å². The first-order valence-corrected chi connectivity index (χ1v) is 14.2. The van der Waals surface area contributed by atoms with Crippen molar-refractivity contribution in [1.29, 1.82) is 0 Å². The van der Waals surface area contributed by atoms with Crippen LogP contribution in [-0.4, -0.2) is 0 Å². The van der Waals surface area contributed by atoms with E-state index in [0.717, 1.165) is 10.6 Å². The van der Waals surface area contributed by atoms with Crippen LogP contribution < -0.4 is 31.8 Å². The predicted octanol–water partition coefficient (Wildman–Crippen LogP) is 4.73. The average molecular weight is 546 g/mol. The van der Waals surface area contributed by atoms with Crippen molar-refractivity contribution in [3.05, 3.63) is 170 Å². The molecule has 0 atom stereocenters. The molecule has 6 aromatic rings. The predicted molar refractivity (Wildman–Crippen MR) is 152 cm³/mol. The molecular formula is C34H20FeP2-10. The Labute approximate surface area is 233 Å². The van der Waals surface area contributed by atoms with E-state index in [2.05, 4.69) is 146 Å². The third-order valence-electron chi connectivity index (χ3n) is 5.35. The van der Waals surface area contributed by atoms with Gasteiger partial charge >= 0.3 is 0 Å². The number of hydrogen-bond acceptors (Lipinski definition) is 0. The standard InChI is InChI=1S/2C17H10P.Fe/c2*1-3-9-15(10-4-1)18(17-13-7-8-14-17)16-11-5-2-6-12-16;/h2*1-6,9-12H;/q2*-5;. The summed E-state index contributed by atoms with van der Waals surface area (Å²) in [5, 5.41) is 7.33. The zero-order valence-corrected chi connectivity index (χ0v) is 22.7. The van der Waals surface area contributed by atoms with Gasteiger partial charge in [0, 0.05) is 17.1 Å². The van der Waals surface area contributed by atoms with Crippen molar-refractivity contribution in [3.8, 4) is 0 Å². The monoisotopic (exact) mass is 546 g/mol. The van der Waals surface area contributed by atoms with E-state index in [-0.39, 0.29) is 17.1 Å². The Hall–Kier alpha value is -3.04. The molecule has 0 spiro atoms. The van der Waals surface area contributed by atoms with Gasteiger partial charge in [0.15, 0.2) is 0 Å². The van der Waals surface area contributed by atoms with Crippen LogP contribution in [0, 0.1) is 48.5 Å². The van der Waals surface area contributed by atoms with Crippen LogP contribution in [0.2, 0.25) is 0 Å². The average Bonchev–Trinajstić information content (AvgIpc) is 3.68. The Morgan fingerprint density at radius 1 is 0.351 bits per heavy atom. The molecule has 0 nitrogen and oxygen atoms in total. The second kappa shape index (κ2) is 14.0. The van der Waals surface area contributed by atoms with Gasteiger partial charge < -0.3 is 59.1 Å². The van der Waals surface area contributed by atoms with Gasteiger partial charge in [0.25, 0.3) is 0 Å². The normalized spacial score (nSPS) is 10.4. The summed E-state index contributed by atoms with van der Waals surface area (Å²) in [5.41, 5.74) is 0. The summed E-state index contributed by atoms with van der Waals surface area (Å²) in [4.78, 5) is 0. The minimum absolute atomic E-state index is 0. The van der Waals surface area contributed by atoms with Crippen LogP contribution >= 0.6 is 15.8 Å². The maximum absolute atomic E-state index is 3.13. The first kappa shape index (κ1) is 27.0. The first-order valence-electron chi connectivity index (χ1n) is 11.5. The smallest absolute Gasteiger partial charge is 0 e. The second-order valence-corrected chi connectivity index (χ2v) is 12.0. The topological polar surface area (TPSA) is 0 Å². The van der Waals surface area contributed by atoms with Gasteiger partial charge in [-0.1, -0.05) is 143 Å². The van der Waals surface area contributed by atoms with Gasteiger partial charge in [0.05, 0.1) is 0 Å². The minimum atomic E-state index is -0.583. The zero-order chi connectivity index (χ0) is 24.4. The molecule has 0 saturated heterocycles. The molecule has 0 aromatic heterocycles. The van der Waals surface area contributed by atoms with Gasteiger partial charge in [-0.3, -0.25) is 0 Å². The summed E-state index contributed by atoms with van der Waals surface area (Å²) in [5.74, 6) is 0. The molecule has 0 bridgehead atoms. The second-order valence-electron chi connectivity index (χ2n) is 7.71. The Morgan fingerprint density at radius 3 is 0.784 bits per heavy atom. The molecule has 3 heteroatoms. The fourth-order valence-electron chi connectivity index (χ4n) is 3.77. The number of benzene rings is 4. The molecule has 0 unspecified atom stereocenters. The minimum Gasteiger partial charge on any atom is -0.998 e. The van der Waals surface area contributed by atoms with Crippen LogP contribution in [0.5, 0.6) is 0 Å². The van der Waals surface area contributed by atoms with Crippen LogP contribution in [0.25, 0.3) is 0 Å². The molecule has 0 fully saturated rings.